The molecule has 0 atom stereocenters. The number of amides is 2. The van der Waals surface area contributed by atoms with Crippen LogP contribution in [0, 0.1) is 6.92 Å². The molecule has 1 aromatic rings. The van der Waals surface area contributed by atoms with Crippen molar-refractivity contribution in [2.45, 2.75) is 94.3 Å². The number of hydrogen-bond donors (Lipinski definition) is 1. The van der Waals surface area contributed by atoms with Crippen LogP contribution >= 0.6 is 11.3 Å². The van der Waals surface area contributed by atoms with Gasteiger partial charge in [-0.1, -0.05) is 56.8 Å². The fourth-order valence-electron chi connectivity index (χ4n) is 5.58. The molecule has 2 aliphatic carbocycles. The van der Waals surface area contributed by atoms with Crippen molar-refractivity contribution in [3.05, 3.63) is 5.69 Å². The van der Waals surface area contributed by atoms with E-state index in [0.29, 0.717) is 23.9 Å². The number of aryl methyl sites for hydroxylation is 1. The normalized spacial score (nSPS) is 22.4. The van der Waals surface area contributed by atoms with Gasteiger partial charge in [0.15, 0.2) is 9.34 Å². The van der Waals surface area contributed by atoms with Gasteiger partial charge in [-0.3, -0.25) is 5.32 Å². The summed E-state index contributed by atoms with van der Waals surface area (Å²) >= 11 is 1.09. The van der Waals surface area contributed by atoms with Crippen LogP contribution in [0.15, 0.2) is 4.21 Å². The molecule has 1 aromatic heterocycles. The van der Waals surface area contributed by atoms with Gasteiger partial charge in [0, 0.05) is 38.3 Å². The molecule has 3 aliphatic rings. The zero-order chi connectivity index (χ0) is 23.4. The summed E-state index contributed by atoms with van der Waals surface area (Å²) in [5.74, 6) is 0. The molecule has 186 valence electrons. The van der Waals surface area contributed by atoms with Crippen LogP contribution in [0.2, 0.25) is 0 Å². The molecule has 0 bridgehead atoms. The van der Waals surface area contributed by atoms with Gasteiger partial charge in [-0.2, -0.15) is 4.31 Å². The van der Waals surface area contributed by atoms with Crippen LogP contribution in [0.3, 0.4) is 0 Å². The lowest BCUT2D eigenvalue weighted by molar-refractivity contribution is 0.114. The van der Waals surface area contributed by atoms with E-state index in [-0.39, 0.29) is 22.3 Å². The SMILES string of the molecule is CCN1CCN(S(=O)(=O)c2sc(NC(=O)N(C3CCCCC3)C3CCCCC3)nc2C)CC1. The number of urea groups is 1. The van der Waals surface area contributed by atoms with E-state index in [1.165, 1.54) is 38.5 Å². The van der Waals surface area contributed by atoms with Gasteiger partial charge in [0.1, 0.15) is 0 Å². The highest BCUT2D eigenvalue weighted by Crippen LogP contribution is 2.33. The third-order valence-electron chi connectivity index (χ3n) is 7.49. The Morgan fingerprint density at radius 2 is 1.55 bits per heavy atom. The van der Waals surface area contributed by atoms with Crippen molar-refractivity contribution in [2.75, 3.05) is 38.0 Å². The first-order chi connectivity index (χ1) is 15.9. The Hall–Kier alpha value is -1.23. The van der Waals surface area contributed by atoms with E-state index >= 15 is 0 Å². The molecule has 2 heterocycles. The molecule has 0 aromatic carbocycles. The number of aromatic nitrogens is 1. The second-order valence-corrected chi connectivity index (χ2v) is 12.8. The van der Waals surface area contributed by atoms with Crippen molar-refractivity contribution in [3.63, 3.8) is 0 Å². The molecule has 1 aliphatic heterocycles. The van der Waals surface area contributed by atoms with Gasteiger partial charge in [0.2, 0.25) is 0 Å². The lowest BCUT2D eigenvalue weighted by Crippen LogP contribution is -2.50. The van der Waals surface area contributed by atoms with Crippen LogP contribution in [0.25, 0.3) is 0 Å². The number of likely N-dealkylation sites (N-methyl/N-ethyl adjacent to an activating group) is 1. The van der Waals surface area contributed by atoms with E-state index in [0.717, 1.165) is 56.7 Å². The summed E-state index contributed by atoms with van der Waals surface area (Å²) < 4.78 is 28.4. The first-order valence-corrected chi connectivity index (χ1v) is 14.9. The Kier molecular flexibility index (Phi) is 8.30. The molecule has 0 unspecified atom stereocenters. The molecule has 1 N–H and O–H groups in total. The standard InChI is InChI=1S/C23H39N5O3S2/c1-3-26-14-16-27(17-15-26)33(30,31)21-18(2)24-22(32-21)25-23(29)28(19-10-6-4-7-11-19)20-12-8-5-9-13-20/h19-20H,3-17H2,1-2H3,(H,24,25,29). The Morgan fingerprint density at radius 1 is 1.00 bits per heavy atom. The molecule has 4 rings (SSSR count). The zero-order valence-corrected chi connectivity index (χ0v) is 21.7. The first kappa shape index (κ1) is 24.9. The number of thiazole rings is 1. The molecule has 1 saturated heterocycles. The topological polar surface area (TPSA) is 85.8 Å². The minimum absolute atomic E-state index is 0.108. The van der Waals surface area contributed by atoms with Crippen molar-refractivity contribution in [3.8, 4) is 0 Å². The van der Waals surface area contributed by atoms with E-state index in [4.69, 9.17) is 0 Å². The minimum Gasteiger partial charge on any atom is -0.319 e. The third kappa shape index (κ3) is 5.71. The largest absolute Gasteiger partial charge is 0.324 e. The monoisotopic (exact) mass is 497 g/mol. The number of piperazine rings is 1. The van der Waals surface area contributed by atoms with Crippen molar-refractivity contribution in [2.24, 2.45) is 0 Å². The van der Waals surface area contributed by atoms with Gasteiger partial charge in [0.05, 0.1) is 5.69 Å². The molecule has 3 fully saturated rings. The zero-order valence-electron chi connectivity index (χ0n) is 20.1. The number of nitrogens with zero attached hydrogens (tertiary/aromatic N) is 4. The number of hydrogen-bond acceptors (Lipinski definition) is 6. The molecule has 8 nitrogen and oxygen atoms in total. The predicted molar refractivity (Wildman–Crippen MR) is 132 cm³/mol. The van der Waals surface area contributed by atoms with Crippen molar-refractivity contribution < 1.29 is 13.2 Å². The maximum absolute atomic E-state index is 13.5. The Balaban J connectivity index is 1.48. The Morgan fingerprint density at radius 3 is 2.06 bits per heavy atom. The minimum atomic E-state index is -3.60. The van der Waals surface area contributed by atoms with E-state index in [1.807, 2.05) is 0 Å². The molecule has 0 radical (unpaired) electrons. The molecule has 2 amide bonds. The van der Waals surface area contributed by atoms with Crippen LogP contribution in [0.1, 0.15) is 76.8 Å². The average Bonchev–Trinajstić information content (AvgIpc) is 3.21. The second kappa shape index (κ2) is 11.0. The lowest BCUT2D eigenvalue weighted by Gasteiger charge is -2.41. The Bertz CT molecular complexity index is 881. The number of carbonyl (C=O) groups is 1. The number of sulfonamides is 1. The van der Waals surface area contributed by atoms with Gasteiger partial charge in [-0.25, -0.2) is 18.2 Å². The van der Waals surface area contributed by atoms with Gasteiger partial charge >= 0.3 is 6.03 Å². The van der Waals surface area contributed by atoms with Crippen molar-refractivity contribution in [1.82, 2.24) is 19.1 Å². The molecular weight excluding hydrogens is 458 g/mol. The number of carbonyl (C=O) groups excluding carboxylic acids is 1. The molecule has 2 saturated carbocycles. The van der Waals surface area contributed by atoms with Crippen LogP contribution in [-0.2, 0) is 10.0 Å². The maximum atomic E-state index is 13.5. The van der Waals surface area contributed by atoms with Gasteiger partial charge in [-0.15, -0.1) is 0 Å². The Labute approximate surface area is 202 Å². The predicted octanol–water partition coefficient (Wildman–Crippen LogP) is 4.28. The van der Waals surface area contributed by atoms with E-state index in [9.17, 15) is 13.2 Å². The van der Waals surface area contributed by atoms with Crippen LogP contribution in [0.4, 0.5) is 9.93 Å². The molecular formula is C23H39N5O3S2. The smallest absolute Gasteiger partial charge is 0.319 e. The van der Waals surface area contributed by atoms with E-state index in [2.05, 4.69) is 27.0 Å². The summed E-state index contributed by atoms with van der Waals surface area (Å²) in [4.78, 5) is 22.3. The van der Waals surface area contributed by atoms with Crippen LogP contribution in [-0.4, -0.2) is 78.3 Å². The van der Waals surface area contributed by atoms with Gasteiger partial charge in [-0.05, 0) is 39.2 Å². The lowest BCUT2D eigenvalue weighted by atomic mass is 9.89. The number of nitrogens with one attached hydrogen (secondary N) is 1. The summed E-state index contributed by atoms with van der Waals surface area (Å²) in [7, 11) is -3.60. The number of rotatable bonds is 6. The summed E-state index contributed by atoms with van der Waals surface area (Å²) in [5, 5.41) is 3.38. The van der Waals surface area contributed by atoms with Crippen molar-refractivity contribution >= 4 is 32.5 Å². The fraction of sp³-hybridized carbons (Fsp3) is 0.826. The van der Waals surface area contributed by atoms with E-state index < -0.39 is 10.0 Å². The van der Waals surface area contributed by atoms with Crippen LogP contribution in [0.5, 0.6) is 0 Å². The van der Waals surface area contributed by atoms with Gasteiger partial charge in [0.25, 0.3) is 10.0 Å². The average molecular weight is 498 g/mol. The third-order valence-corrected chi connectivity index (χ3v) is 11.0. The van der Waals surface area contributed by atoms with E-state index in [1.54, 1.807) is 11.2 Å². The highest BCUT2D eigenvalue weighted by molar-refractivity contribution is 7.91. The van der Waals surface area contributed by atoms with Crippen molar-refractivity contribution in [1.29, 1.82) is 0 Å². The summed E-state index contributed by atoms with van der Waals surface area (Å²) in [6.07, 6.45) is 11.4. The molecule has 10 heteroatoms. The summed E-state index contributed by atoms with van der Waals surface area (Å²) in [6, 6.07) is 0.449. The molecule has 0 spiro atoms. The quantitative estimate of drug-likeness (QED) is 0.634. The number of anilines is 1. The highest BCUT2D eigenvalue weighted by atomic mass is 32.2. The second-order valence-electron chi connectivity index (χ2n) is 9.65. The molecule has 33 heavy (non-hydrogen) atoms. The summed E-state index contributed by atoms with van der Waals surface area (Å²) in [5.41, 5.74) is 0.468. The van der Waals surface area contributed by atoms with Gasteiger partial charge < -0.3 is 9.80 Å². The highest BCUT2D eigenvalue weighted by Gasteiger charge is 2.35. The fourth-order valence-corrected chi connectivity index (χ4v) is 8.54. The first-order valence-electron chi connectivity index (χ1n) is 12.7. The summed E-state index contributed by atoms with van der Waals surface area (Å²) in [6.45, 7) is 7.22. The maximum Gasteiger partial charge on any atom is 0.324 e. The van der Waals surface area contributed by atoms with Crippen LogP contribution < -0.4 is 5.32 Å².